The first-order valence-corrected chi connectivity index (χ1v) is 7.86. The summed E-state index contributed by atoms with van der Waals surface area (Å²) in [6.45, 7) is 0. The number of hydrogen-bond donors (Lipinski definition) is 0. The largest absolute Gasteiger partial charge is 0.505 e. The average molecular weight is 388 g/mol. The SMILES string of the molecule is CO/C=C/Cc1ccccc1CC#Cc1ccc(I)cc1. The Hall–Kier alpha value is -1.73. The first-order chi connectivity index (χ1) is 10.3. The van der Waals surface area contributed by atoms with E-state index in [4.69, 9.17) is 4.74 Å². The van der Waals surface area contributed by atoms with Crippen LogP contribution in [0.1, 0.15) is 16.7 Å². The molecule has 106 valence electrons. The molecule has 0 unspecified atom stereocenters. The Morgan fingerprint density at radius 2 is 1.76 bits per heavy atom. The van der Waals surface area contributed by atoms with E-state index in [1.807, 2.05) is 6.08 Å². The fourth-order valence-corrected chi connectivity index (χ4v) is 2.33. The van der Waals surface area contributed by atoms with E-state index < -0.39 is 0 Å². The van der Waals surface area contributed by atoms with Gasteiger partial charge in [-0.25, -0.2) is 0 Å². The van der Waals surface area contributed by atoms with E-state index >= 15 is 0 Å². The average Bonchev–Trinajstić information content (AvgIpc) is 2.51. The molecule has 2 heteroatoms. The number of ether oxygens (including phenoxy) is 1. The van der Waals surface area contributed by atoms with E-state index in [-0.39, 0.29) is 0 Å². The van der Waals surface area contributed by atoms with E-state index in [2.05, 4.69) is 83.0 Å². The maximum absolute atomic E-state index is 4.94. The summed E-state index contributed by atoms with van der Waals surface area (Å²) in [5, 5.41) is 0. The van der Waals surface area contributed by atoms with Crippen molar-refractivity contribution in [3.05, 3.63) is 81.1 Å². The lowest BCUT2D eigenvalue weighted by atomic mass is 10.0. The maximum Gasteiger partial charge on any atom is 0.0788 e. The van der Waals surface area contributed by atoms with Gasteiger partial charge >= 0.3 is 0 Å². The minimum Gasteiger partial charge on any atom is -0.505 e. The molecule has 2 aromatic carbocycles. The van der Waals surface area contributed by atoms with Gasteiger partial charge in [0.1, 0.15) is 0 Å². The third-order valence-electron chi connectivity index (χ3n) is 3.04. The van der Waals surface area contributed by atoms with Crippen LogP contribution in [0.3, 0.4) is 0 Å². The standard InChI is InChI=1S/C19H17IO/c1-21-15-5-10-18-8-3-2-7-17(18)9-4-6-16-11-13-19(20)14-12-16/h2-3,5,7-8,11-15H,9-10H2,1H3/b15-5+. The van der Waals surface area contributed by atoms with Gasteiger partial charge < -0.3 is 4.74 Å². The minimum atomic E-state index is 0.767. The Balaban J connectivity index is 2.06. The molecule has 0 saturated heterocycles. The number of hydrogen-bond acceptors (Lipinski definition) is 1. The van der Waals surface area contributed by atoms with Gasteiger partial charge in [-0.3, -0.25) is 0 Å². The highest BCUT2D eigenvalue weighted by molar-refractivity contribution is 14.1. The lowest BCUT2D eigenvalue weighted by Gasteiger charge is -2.03. The molecule has 2 aromatic rings. The monoisotopic (exact) mass is 388 g/mol. The lowest BCUT2D eigenvalue weighted by Crippen LogP contribution is -1.91. The minimum absolute atomic E-state index is 0.767. The Kier molecular flexibility index (Phi) is 6.36. The van der Waals surface area contributed by atoms with Crippen LogP contribution in [0.15, 0.2) is 60.9 Å². The topological polar surface area (TPSA) is 9.23 Å². The second-order valence-corrected chi connectivity index (χ2v) is 5.81. The van der Waals surface area contributed by atoms with Gasteiger partial charge in [0.25, 0.3) is 0 Å². The maximum atomic E-state index is 4.94. The van der Waals surface area contributed by atoms with Crippen molar-refractivity contribution in [1.29, 1.82) is 0 Å². The van der Waals surface area contributed by atoms with Crippen molar-refractivity contribution < 1.29 is 4.74 Å². The predicted octanol–water partition coefficient (Wildman–Crippen LogP) is 4.59. The molecule has 0 saturated carbocycles. The molecule has 0 heterocycles. The smallest absolute Gasteiger partial charge is 0.0788 e. The number of methoxy groups -OCH3 is 1. The number of benzene rings is 2. The van der Waals surface area contributed by atoms with Gasteiger partial charge in [-0.15, -0.1) is 0 Å². The quantitative estimate of drug-likeness (QED) is 0.423. The van der Waals surface area contributed by atoms with Crippen LogP contribution in [0.4, 0.5) is 0 Å². The molecule has 21 heavy (non-hydrogen) atoms. The molecule has 0 aromatic heterocycles. The molecule has 0 atom stereocenters. The fraction of sp³-hybridized carbons (Fsp3) is 0.158. The molecule has 0 fully saturated rings. The van der Waals surface area contributed by atoms with Crippen molar-refractivity contribution >= 4 is 22.6 Å². The Bertz CT molecular complexity index is 660. The highest BCUT2D eigenvalue weighted by Crippen LogP contribution is 2.11. The van der Waals surface area contributed by atoms with Crippen molar-refractivity contribution in [3.8, 4) is 11.8 Å². The molecule has 0 amide bonds. The molecule has 0 spiro atoms. The van der Waals surface area contributed by atoms with Crippen LogP contribution in [-0.2, 0) is 17.6 Å². The van der Waals surface area contributed by atoms with Crippen molar-refractivity contribution in [2.45, 2.75) is 12.8 Å². The summed E-state index contributed by atoms with van der Waals surface area (Å²) < 4.78 is 6.17. The summed E-state index contributed by atoms with van der Waals surface area (Å²) >= 11 is 2.30. The Morgan fingerprint density at radius 1 is 1.05 bits per heavy atom. The Morgan fingerprint density at radius 3 is 2.48 bits per heavy atom. The van der Waals surface area contributed by atoms with Gasteiger partial charge in [0, 0.05) is 15.6 Å². The molecule has 0 aliphatic carbocycles. The number of rotatable bonds is 4. The van der Waals surface area contributed by atoms with Gasteiger partial charge in [-0.05, 0) is 70.5 Å². The van der Waals surface area contributed by atoms with Gasteiger partial charge in [-0.1, -0.05) is 36.1 Å². The van der Waals surface area contributed by atoms with Crippen molar-refractivity contribution in [2.24, 2.45) is 0 Å². The molecule has 0 aliphatic heterocycles. The zero-order valence-corrected chi connectivity index (χ0v) is 14.1. The zero-order valence-electron chi connectivity index (χ0n) is 12.0. The summed E-state index contributed by atoms with van der Waals surface area (Å²) in [5.74, 6) is 6.48. The molecular formula is C19H17IO. The lowest BCUT2D eigenvalue weighted by molar-refractivity contribution is 0.337. The van der Waals surface area contributed by atoms with E-state index in [1.54, 1.807) is 13.4 Å². The summed E-state index contributed by atoms with van der Waals surface area (Å²) in [6, 6.07) is 16.7. The normalized spacial score (nSPS) is 10.2. The van der Waals surface area contributed by atoms with Crippen LogP contribution >= 0.6 is 22.6 Å². The summed E-state index contributed by atoms with van der Waals surface area (Å²) in [4.78, 5) is 0. The summed E-state index contributed by atoms with van der Waals surface area (Å²) in [7, 11) is 1.66. The first-order valence-electron chi connectivity index (χ1n) is 6.78. The van der Waals surface area contributed by atoms with Crippen molar-refractivity contribution in [2.75, 3.05) is 7.11 Å². The number of halogens is 1. The van der Waals surface area contributed by atoms with Gasteiger partial charge in [0.15, 0.2) is 0 Å². The fourth-order valence-electron chi connectivity index (χ4n) is 1.98. The van der Waals surface area contributed by atoms with Crippen LogP contribution in [0.25, 0.3) is 0 Å². The molecular weight excluding hydrogens is 371 g/mol. The van der Waals surface area contributed by atoms with Crippen LogP contribution < -0.4 is 0 Å². The first kappa shape index (κ1) is 15.7. The van der Waals surface area contributed by atoms with Crippen LogP contribution in [0.5, 0.6) is 0 Å². The van der Waals surface area contributed by atoms with Crippen LogP contribution in [0.2, 0.25) is 0 Å². The van der Waals surface area contributed by atoms with Gasteiger partial charge in [0.2, 0.25) is 0 Å². The van der Waals surface area contributed by atoms with Gasteiger partial charge in [0.05, 0.1) is 13.4 Å². The highest BCUT2D eigenvalue weighted by Gasteiger charge is 1.98. The van der Waals surface area contributed by atoms with E-state index in [9.17, 15) is 0 Å². The van der Waals surface area contributed by atoms with Crippen LogP contribution in [0, 0.1) is 15.4 Å². The molecule has 0 bridgehead atoms. The summed E-state index contributed by atoms with van der Waals surface area (Å²) in [6.07, 6.45) is 5.37. The summed E-state index contributed by atoms with van der Waals surface area (Å²) in [5.41, 5.74) is 3.63. The molecule has 2 rings (SSSR count). The number of allylic oxidation sites excluding steroid dienone is 1. The second kappa shape index (κ2) is 8.53. The highest BCUT2D eigenvalue weighted by atomic mass is 127. The van der Waals surface area contributed by atoms with E-state index in [1.165, 1.54) is 14.7 Å². The second-order valence-electron chi connectivity index (χ2n) is 4.57. The third-order valence-corrected chi connectivity index (χ3v) is 3.76. The van der Waals surface area contributed by atoms with E-state index in [0.29, 0.717) is 0 Å². The van der Waals surface area contributed by atoms with Crippen LogP contribution in [-0.4, -0.2) is 7.11 Å². The predicted molar refractivity (Wildman–Crippen MR) is 96.0 cm³/mol. The van der Waals surface area contributed by atoms with Gasteiger partial charge in [-0.2, -0.15) is 0 Å². The molecule has 1 nitrogen and oxygen atoms in total. The molecule has 0 radical (unpaired) electrons. The van der Waals surface area contributed by atoms with Crippen molar-refractivity contribution in [1.82, 2.24) is 0 Å². The third kappa shape index (κ3) is 5.28. The molecule has 0 N–H and O–H groups in total. The van der Waals surface area contributed by atoms with Crippen molar-refractivity contribution in [3.63, 3.8) is 0 Å². The Labute approximate surface area is 140 Å². The van der Waals surface area contributed by atoms with E-state index in [0.717, 1.165) is 18.4 Å². The zero-order chi connectivity index (χ0) is 14.9. The molecule has 0 aliphatic rings.